The van der Waals surface area contributed by atoms with E-state index in [-0.39, 0.29) is 22.4 Å². The second-order valence-electron chi connectivity index (χ2n) is 8.14. The molecule has 0 bridgehead atoms. The molecule has 1 saturated heterocycles. The van der Waals surface area contributed by atoms with Crippen molar-refractivity contribution in [1.29, 1.82) is 0 Å². The van der Waals surface area contributed by atoms with E-state index in [9.17, 15) is 14.9 Å². The summed E-state index contributed by atoms with van der Waals surface area (Å²) in [6.45, 7) is 3.12. The number of carbonyl (C=O) groups excluding carboxylic acids is 1. The van der Waals surface area contributed by atoms with Crippen molar-refractivity contribution in [2.45, 2.75) is 19.8 Å². The van der Waals surface area contributed by atoms with Crippen LogP contribution in [0, 0.1) is 23.0 Å². The Morgan fingerprint density at radius 3 is 2.56 bits per heavy atom. The van der Waals surface area contributed by atoms with Gasteiger partial charge in [0.1, 0.15) is 5.69 Å². The molecule has 1 fully saturated rings. The summed E-state index contributed by atoms with van der Waals surface area (Å²) in [6.07, 6.45) is 2.77. The van der Waals surface area contributed by atoms with Crippen molar-refractivity contribution < 1.29 is 19.2 Å². The maximum absolute atomic E-state index is 12.8. The monoisotopic (exact) mass is 462 g/mol. The number of nitrogens with zero attached hydrogens (tertiary/aromatic N) is 3. The third-order valence-electron chi connectivity index (χ3n) is 5.82. The molecule has 2 heterocycles. The minimum absolute atomic E-state index is 0.0852. The number of hydrogen-bond acceptors (Lipinski definition) is 7. The molecule has 4 rings (SSSR count). The largest absolute Gasteiger partial charge is 0.493 e. The highest BCUT2D eigenvalue weighted by molar-refractivity contribution is 5.92. The van der Waals surface area contributed by atoms with Gasteiger partial charge in [-0.2, -0.15) is 0 Å². The van der Waals surface area contributed by atoms with E-state index in [1.54, 1.807) is 43.6 Å². The van der Waals surface area contributed by atoms with Gasteiger partial charge in [0.25, 0.3) is 5.69 Å². The number of nitrogens with one attached hydrogen (secondary N) is 1. The van der Waals surface area contributed by atoms with Gasteiger partial charge in [0.15, 0.2) is 11.5 Å². The van der Waals surface area contributed by atoms with E-state index < -0.39 is 0 Å². The number of anilines is 2. The van der Waals surface area contributed by atoms with E-state index in [1.165, 1.54) is 6.07 Å². The fraction of sp³-hybridized carbons (Fsp3) is 0.280. The van der Waals surface area contributed by atoms with E-state index in [2.05, 4.69) is 10.3 Å². The molecule has 1 aliphatic heterocycles. The number of aryl methyl sites for hydroxylation is 1. The molecule has 1 aliphatic rings. The van der Waals surface area contributed by atoms with Gasteiger partial charge in [-0.25, -0.2) is 4.98 Å². The smallest absolute Gasteiger partial charge is 0.292 e. The fourth-order valence-corrected chi connectivity index (χ4v) is 4.00. The fourth-order valence-electron chi connectivity index (χ4n) is 4.00. The highest BCUT2D eigenvalue weighted by atomic mass is 16.6. The topological polar surface area (TPSA) is 107 Å². The quantitative estimate of drug-likeness (QED) is 0.391. The van der Waals surface area contributed by atoms with Crippen molar-refractivity contribution in [2.24, 2.45) is 5.92 Å². The van der Waals surface area contributed by atoms with Crippen LogP contribution < -0.4 is 19.7 Å². The molecule has 2 aromatic carbocycles. The van der Waals surface area contributed by atoms with Crippen LogP contribution in [0.15, 0.2) is 60.8 Å². The Morgan fingerprint density at radius 1 is 1.12 bits per heavy atom. The summed E-state index contributed by atoms with van der Waals surface area (Å²) in [4.78, 5) is 29.9. The summed E-state index contributed by atoms with van der Waals surface area (Å²) in [6, 6.07) is 15.7. The average molecular weight is 463 g/mol. The number of pyridine rings is 1. The van der Waals surface area contributed by atoms with Gasteiger partial charge in [-0.1, -0.05) is 18.2 Å². The molecule has 9 heteroatoms. The third-order valence-corrected chi connectivity index (χ3v) is 5.82. The number of ether oxygens (including phenoxy) is 2. The molecular formula is C25H26N4O5. The number of carbonyl (C=O) groups is 1. The van der Waals surface area contributed by atoms with E-state index in [0.29, 0.717) is 54.7 Å². The molecule has 0 saturated carbocycles. The van der Waals surface area contributed by atoms with Crippen molar-refractivity contribution in [3.8, 4) is 17.4 Å². The maximum atomic E-state index is 12.8. The summed E-state index contributed by atoms with van der Waals surface area (Å²) in [7, 11) is 1.58. The van der Waals surface area contributed by atoms with Crippen molar-refractivity contribution in [3.63, 3.8) is 0 Å². The van der Waals surface area contributed by atoms with E-state index in [1.807, 2.05) is 30.0 Å². The van der Waals surface area contributed by atoms with Gasteiger partial charge in [-0.15, -0.1) is 0 Å². The standard InChI is InChI=1S/C25H26N4O5/c1-17-7-9-22(23(15-17)33-2)34-24-10-8-19(16-26-24)27-25(30)18-11-13-28(14-12-18)20-5-3-4-6-21(20)29(31)32/h3-10,15-16,18H,11-14H2,1-2H3,(H,27,30). The molecule has 1 N–H and O–H groups in total. The van der Waals surface area contributed by atoms with Crippen LogP contribution in [-0.4, -0.2) is 36.0 Å². The van der Waals surface area contributed by atoms with Crippen molar-refractivity contribution >= 4 is 23.0 Å². The number of para-hydroxylation sites is 2. The van der Waals surface area contributed by atoms with E-state index >= 15 is 0 Å². The van der Waals surface area contributed by atoms with Crippen LogP contribution in [0.25, 0.3) is 0 Å². The zero-order chi connectivity index (χ0) is 24.1. The van der Waals surface area contributed by atoms with Gasteiger partial charge in [-0.05, 0) is 49.6 Å². The van der Waals surface area contributed by atoms with Gasteiger partial charge < -0.3 is 19.7 Å². The highest BCUT2D eigenvalue weighted by Gasteiger charge is 2.28. The van der Waals surface area contributed by atoms with Crippen LogP contribution in [0.4, 0.5) is 17.1 Å². The number of nitro groups is 1. The van der Waals surface area contributed by atoms with Crippen LogP contribution in [-0.2, 0) is 4.79 Å². The number of hydrogen-bond donors (Lipinski definition) is 1. The molecule has 0 radical (unpaired) electrons. The zero-order valence-corrected chi connectivity index (χ0v) is 19.1. The van der Waals surface area contributed by atoms with E-state index in [0.717, 1.165) is 5.56 Å². The maximum Gasteiger partial charge on any atom is 0.292 e. The molecule has 1 amide bonds. The second kappa shape index (κ2) is 10.2. The molecule has 3 aromatic rings. The van der Waals surface area contributed by atoms with Crippen molar-refractivity contribution in [1.82, 2.24) is 4.98 Å². The van der Waals surface area contributed by atoms with Crippen LogP contribution in [0.5, 0.6) is 17.4 Å². The molecule has 176 valence electrons. The van der Waals surface area contributed by atoms with Crippen LogP contribution >= 0.6 is 0 Å². The predicted octanol–water partition coefficient (Wildman–Crippen LogP) is 4.95. The summed E-state index contributed by atoms with van der Waals surface area (Å²) < 4.78 is 11.2. The zero-order valence-electron chi connectivity index (χ0n) is 19.1. The Hall–Kier alpha value is -4.14. The Kier molecular flexibility index (Phi) is 6.91. The van der Waals surface area contributed by atoms with Crippen LogP contribution in [0.3, 0.4) is 0 Å². The van der Waals surface area contributed by atoms with Gasteiger partial charge in [-0.3, -0.25) is 14.9 Å². The SMILES string of the molecule is COc1cc(C)ccc1Oc1ccc(NC(=O)C2CCN(c3ccccc3[N+](=O)[O-])CC2)cn1. The first-order valence-electron chi connectivity index (χ1n) is 11.0. The van der Waals surface area contributed by atoms with E-state index in [4.69, 9.17) is 9.47 Å². The minimum atomic E-state index is -0.372. The molecule has 34 heavy (non-hydrogen) atoms. The number of amides is 1. The third kappa shape index (κ3) is 5.25. The average Bonchev–Trinajstić information content (AvgIpc) is 2.86. The minimum Gasteiger partial charge on any atom is -0.493 e. The Labute approximate surface area is 197 Å². The Bertz CT molecular complexity index is 1170. The second-order valence-corrected chi connectivity index (χ2v) is 8.14. The van der Waals surface area contributed by atoms with Crippen LogP contribution in [0.1, 0.15) is 18.4 Å². The van der Waals surface area contributed by atoms with Crippen LogP contribution in [0.2, 0.25) is 0 Å². The molecule has 1 aromatic heterocycles. The number of methoxy groups -OCH3 is 1. The van der Waals surface area contributed by atoms with Gasteiger partial charge in [0.2, 0.25) is 11.8 Å². The Morgan fingerprint density at radius 2 is 1.88 bits per heavy atom. The first-order valence-corrected chi connectivity index (χ1v) is 11.0. The highest BCUT2D eigenvalue weighted by Crippen LogP contribution is 2.33. The van der Waals surface area contributed by atoms with Crippen molar-refractivity contribution in [2.75, 3.05) is 30.4 Å². The number of benzene rings is 2. The summed E-state index contributed by atoms with van der Waals surface area (Å²) >= 11 is 0. The first-order chi connectivity index (χ1) is 16.4. The lowest BCUT2D eigenvalue weighted by Crippen LogP contribution is -2.38. The van der Waals surface area contributed by atoms with Gasteiger partial charge in [0, 0.05) is 31.1 Å². The van der Waals surface area contributed by atoms with Gasteiger partial charge in [0.05, 0.1) is 23.9 Å². The lowest BCUT2D eigenvalue weighted by molar-refractivity contribution is -0.384. The molecule has 0 unspecified atom stereocenters. The van der Waals surface area contributed by atoms with Crippen molar-refractivity contribution in [3.05, 3.63) is 76.5 Å². The molecule has 9 nitrogen and oxygen atoms in total. The lowest BCUT2D eigenvalue weighted by Gasteiger charge is -2.32. The number of nitro benzene ring substituents is 1. The summed E-state index contributed by atoms with van der Waals surface area (Å²) in [5, 5.41) is 14.2. The number of rotatable bonds is 7. The Balaban J connectivity index is 1.33. The summed E-state index contributed by atoms with van der Waals surface area (Å²) in [5.74, 6) is 1.30. The first kappa shape index (κ1) is 23.0. The molecule has 0 spiro atoms. The predicted molar refractivity (Wildman–Crippen MR) is 129 cm³/mol. The normalized spacial score (nSPS) is 13.9. The molecular weight excluding hydrogens is 436 g/mol. The van der Waals surface area contributed by atoms with Gasteiger partial charge >= 0.3 is 0 Å². The lowest BCUT2D eigenvalue weighted by atomic mass is 9.95. The number of aromatic nitrogens is 1. The molecule has 0 aliphatic carbocycles. The number of piperidine rings is 1. The molecule has 0 atom stereocenters. The summed E-state index contributed by atoms with van der Waals surface area (Å²) in [5.41, 5.74) is 2.32.